The number of hydrogen-bond acceptors (Lipinski definition) is 4. The average Bonchev–Trinajstić information content (AvgIpc) is 2.84. The number of carbonyl (C=O) groups excluding carboxylic acids is 2. The van der Waals surface area contributed by atoms with E-state index in [1.807, 2.05) is 35.2 Å². The molecule has 34 heavy (non-hydrogen) atoms. The first-order valence-electron chi connectivity index (χ1n) is 11.7. The molecule has 0 aromatic heterocycles. The van der Waals surface area contributed by atoms with Crippen LogP contribution in [0.25, 0.3) is 0 Å². The van der Waals surface area contributed by atoms with Crippen molar-refractivity contribution in [2.24, 2.45) is 5.41 Å². The zero-order valence-electron chi connectivity index (χ0n) is 19.5. The standard InChI is InChI=1S/C26H31Cl2N3O3/c1-29-13-15-30(16-14-29)23(32)17-26(19-34-20-7-3-2-4-8-20)11-6-12-31(18-26)25(33)24-21(27)9-5-10-22(24)28/h2-5,7-10H,6,11-19H2,1H3. The Labute approximate surface area is 211 Å². The number of piperazine rings is 1. The number of ether oxygens (including phenoxy) is 1. The molecule has 0 aliphatic carbocycles. The number of amides is 2. The van der Waals surface area contributed by atoms with Crippen LogP contribution in [-0.4, -0.2) is 79.4 Å². The average molecular weight is 504 g/mol. The molecule has 0 saturated carbocycles. The van der Waals surface area contributed by atoms with Crippen LogP contribution < -0.4 is 4.74 Å². The Bertz CT molecular complexity index is 991. The maximum absolute atomic E-state index is 13.4. The van der Waals surface area contributed by atoms with Crippen LogP contribution in [-0.2, 0) is 4.79 Å². The number of para-hydroxylation sites is 1. The highest BCUT2D eigenvalue weighted by Gasteiger charge is 2.41. The van der Waals surface area contributed by atoms with Crippen molar-refractivity contribution < 1.29 is 14.3 Å². The lowest BCUT2D eigenvalue weighted by atomic mass is 9.77. The number of carbonyl (C=O) groups is 2. The van der Waals surface area contributed by atoms with Crippen molar-refractivity contribution in [3.63, 3.8) is 0 Å². The first kappa shape index (κ1) is 24.8. The Balaban J connectivity index is 1.55. The molecule has 4 rings (SSSR count). The van der Waals surface area contributed by atoms with Crippen LogP contribution in [0.2, 0.25) is 10.0 Å². The minimum atomic E-state index is -0.488. The second-order valence-electron chi connectivity index (χ2n) is 9.39. The summed E-state index contributed by atoms with van der Waals surface area (Å²) in [7, 11) is 2.07. The molecule has 182 valence electrons. The minimum absolute atomic E-state index is 0.120. The summed E-state index contributed by atoms with van der Waals surface area (Å²) in [5.41, 5.74) is -0.172. The van der Waals surface area contributed by atoms with Gasteiger partial charge < -0.3 is 19.4 Å². The molecular formula is C26H31Cl2N3O3. The highest BCUT2D eigenvalue weighted by molar-refractivity contribution is 6.39. The van der Waals surface area contributed by atoms with E-state index in [1.165, 1.54) is 0 Å². The van der Waals surface area contributed by atoms with Crippen molar-refractivity contribution in [3.8, 4) is 5.75 Å². The van der Waals surface area contributed by atoms with E-state index < -0.39 is 5.41 Å². The Hall–Kier alpha value is -2.28. The van der Waals surface area contributed by atoms with Gasteiger partial charge in [0.1, 0.15) is 5.75 Å². The summed E-state index contributed by atoms with van der Waals surface area (Å²) in [6.45, 7) is 4.56. The normalized spacial score (nSPS) is 21.4. The lowest BCUT2D eigenvalue weighted by Gasteiger charge is -2.43. The van der Waals surface area contributed by atoms with Crippen LogP contribution in [0, 0.1) is 5.41 Å². The van der Waals surface area contributed by atoms with Gasteiger partial charge in [-0.05, 0) is 44.2 Å². The largest absolute Gasteiger partial charge is 0.493 e. The highest BCUT2D eigenvalue weighted by Crippen LogP contribution is 2.37. The third-order valence-corrected chi connectivity index (χ3v) is 7.43. The molecule has 2 heterocycles. The second-order valence-corrected chi connectivity index (χ2v) is 10.2. The number of likely N-dealkylation sites (N-methyl/N-ethyl adjacent to an activating group) is 1. The summed E-state index contributed by atoms with van der Waals surface area (Å²) in [5, 5.41) is 0.672. The number of nitrogens with zero attached hydrogens (tertiary/aromatic N) is 3. The highest BCUT2D eigenvalue weighted by atomic mass is 35.5. The summed E-state index contributed by atoms with van der Waals surface area (Å²) < 4.78 is 6.17. The quantitative estimate of drug-likeness (QED) is 0.583. The number of halogens is 2. The molecule has 8 heteroatoms. The molecule has 2 aliphatic rings. The molecular weight excluding hydrogens is 473 g/mol. The van der Waals surface area contributed by atoms with Gasteiger partial charge in [0.2, 0.25) is 5.91 Å². The van der Waals surface area contributed by atoms with Gasteiger partial charge in [0.25, 0.3) is 5.91 Å². The van der Waals surface area contributed by atoms with Crippen molar-refractivity contribution in [3.05, 3.63) is 64.1 Å². The molecule has 2 amide bonds. The van der Waals surface area contributed by atoms with Crippen LogP contribution in [0.15, 0.2) is 48.5 Å². The predicted octanol–water partition coefficient (Wildman–Crippen LogP) is 4.46. The number of hydrogen-bond donors (Lipinski definition) is 0. The first-order chi connectivity index (χ1) is 16.4. The first-order valence-corrected chi connectivity index (χ1v) is 12.5. The topological polar surface area (TPSA) is 53.1 Å². The van der Waals surface area contributed by atoms with Crippen molar-refractivity contribution in [1.82, 2.24) is 14.7 Å². The van der Waals surface area contributed by atoms with Crippen LogP contribution in [0.5, 0.6) is 5.75 Å². The Kier molecular flexibility index (Phi) is 8.02. The molecule has 0 bridgehead atoms. The molecule has 2 aliphatic heterocycles. The van der Waals surface area contributed by atoms with E-state index in [1.54, 1.807) is 23.1 Å². The Morgan fingerprint density at radius 3 is 2.26 bits per heavy atom. The van der Waals surface area contributed by atoms with E-state index in [0.29, 0.717) is 41.7 Å². The molecule has 2 aromatic carbocycles. The van der Waals surface area contributed by atoms with E-state index in [-0.39, 0.29) is 11.8 Å². The van der Waals surface area contributed by atoms with Crippen molar-refractivity contribution in [2.75, 3.05) is 52.9 Å². The smallest absolute Gasteiger partial charge is 0.256 e. The fourth-order valence-electron chi connectivity index (χ4n) is 4.80. The van der Waals surface area contributed by atoms with E-state index in [9.17, 15) is 9.59 Å². The number of piperidine rings is 1. The zero-order chi connectivity index (χ0) is 24.1. The van der Waals surface area contributed by atoms with Gasteiger partial charge in [0, 0.05) is 51.1 Å². The van der Waals surface area contributed by atoms with Crippen LogP contribution in [0.4, 0.5) is 0 Å². The zero-order valence-corrected chi connectivity index (χ0v) is 21.0. The van der Waals surface area contributed by atoms with Gasteiger partial charge in [0.15, 0.2) is 0 Å². The van der Waals surface area contributed by atoms with E-state index in [0.717, 1.165) is 44.8 Å². The van der Waals surface area contributed by atoms with Gasteiger partial charge in [-0.2, -0.15) is 0 Å². The van der Waals surface area contributed by atoms with E-state index in [2.05, 4.69) is 11.9 Å². The lowest BCUT2D eigenvalue weighted by Crippen LogP contribution is -2.53. The number of rotatable bonds is 6. The fraction of sp³-hybridized carbons (Fsp3) is 0.462. The molecule has 0 spiro atoms. The molecule has 6 nitrogen and oxygen atoms in total. The second kappa shape index (κ2) is 11.0. The van der Waals surface area contributed by atoms with E-state index in [4.69, 9.17) is 27.9 Å². The van der Waals surface area contributed by atoms with Crippen molar-refractivity contribution >= 4 is 35.0 Å². The monoisotopic (exact) mass is 503 g/mol. The summed E-state index contributed by atoms with van der Waals surface area (Å²) >= 11 is 12.7. The van der Waals surface area contributed by atoms with Gasteiger partial charge in [0.05, 0.1) is 22.2 Å². The molecule has 2 saturated heterocycles. The van der Waals surface area contributed by atoms with Crippen LogP contribution >= 0.6 is 23.2 Å². The third kappa shape index (κ3) is 5.85. The molecule has 2 fully saturated rings. The van der Waals surface area contributed by atoms with Crippen molar-refractivity contribution in [1.29, 1.82) is 0 Å². The summed E-state index contributed by atoms with van der Waals surface area (Å²) in [6.07, 6.45) is 1.92. The molecule has 2 aromatic rings. The Morgan fingerprint density at radius 1 is 0.912 bits per heavy atom. The van der Waals surface area contributed by atoms with Gasteiger partial charge in [-0.1, -0.05) is 47.5 Å². The molecule has 0 N–H and O–H groups in total. The SMILES string of the molecule is CN1CCN(C(=O)CC2(COc3ccccc3)CCCN(C(=O)c3c(Cl)cccc3Cl)C2)CC1. The summed E-state index contributed by atoms with van der Waals surface area (Å²) in [5.74, 6) is 0.674. The van der Waals surface area contributed by atoms with Gasteiger partial charge in [-0.25, -0.2) is 0 Å². The van der Waals surface area contributed by atoms with Gasteiger partial charge in [-0.3, -0.25) is 9.59 Å². The molecule has 1 unspecified atom stereocenters. The van der Waals surface area contributed by atoms with Gasteiger partial charge >= 0.3 is 0 Å². The van der Waals surface area contributed by atoms with Gasteiger partial charge in [-0.15, -0.1) is 0 Å². The van der Waals surface area contributed by atoms with Crippen LogP contribution in [0.1, 0.15) is 29.6 Å². The van der Waals surface area contributed by atoms with Crippen LogP contribution in [0.3, 0.4) is 0 Å². The Morgan fingerprint density at radius 2 is 1.59 bits per heavy atom. The molecule has 1 atom stereocenters. The fourth-order valence-corrected chi connectivity index (χ4v) is 5.36. The maximum atomic E-state index is 13.4. The molecule has 0 radical (unpaired) electrons. The van der Waals surface area contributed by atoms with Crippen molar-refractivity contribution in [2.45, 2.75) is 19.3 Å². The summed E-state index contributed by atoms with van der Waals surface area (Å²) in [6, 6.07) is 14.7. The van der Waals surface area contributed by atoms with E-state index >= 15 is 0 Å². The lowest BCUT2D eigenvalue weighted by molar-refractivity contribution is -0.137. The third-order valence-electron chi connectivity index (χ3n) is 6.80. The predicted molar refractivity (Wildman–Crippen MR) is 135 cm³/mol. The number of benzene rings is 2. The summed E-state index contributed by atoms with van der Waals surface area (Å²) in [4.78, 5) is 32.7. The minimum Gasteiger partial charge on any atom is -0.493 e. The number of likely N-dealkylation sites (tertiary alicyclic amines) is 1. The maximum Gasteiger partial charge on any atom is 0.256 e.